The average molecular weight is 269 g/mol. The Kier molecular flexibility index (Phi) is 4.88. The van der Waals surface area contributed by atoms with Crippen LogP contribution in [0.2, 0.25) is 0 Å². The van der Waals surface area contributed by atoms with Crippen LogP contribution in [-0.4, -0.2) is 4.98 Å². The average Bonchev–Trinajstić information content (AvgIpc) is 2.46. The number of aromatic nitrogens is 1. The lowest BCUT2D eigenvalue weighted by atomic mass is 9.93. The Balaban J connectivity index is 2.14. The van der Waals surface area contributed by atoms with Crippen molar-refractivity contribution in [3.05, 3.63) is 64.5 Å². The van der Waals surface area contributed by atoms with Gasteiger partial charge in [-0.1, -0.05) is 18.2 Å². The molecule has 1 unspecified atom stereocenters. The van der Waals surface area contributed by atoms with Crippen LogP contribution in [0.3, 0.4) is 0 Å². The Hall–Kier alpha value is -1.71. The molecule has 1 aromatic heterocycles. The molecule has 0 radical (unpaired) electrons. The number of hydrogen-bond donors (Lipinski definition) is 2. The summed E-state index contributed by atoms with van der Waals surface area (Å²) >= 11 is 0. The van der Waals surface area contributed by atoms with E-state index in [0.717, 1.165) is 18.5 Å². The number of nitrogens with two attached hydrogens (primary N) is 1. The molecule has 3 heteroatoms. The van der Waals surface area contributed by atoms with Crippen LogP contribution in [0, 0.1) is 20.8 Å². The van der Waals surface area contributed by atoms with Crippen molar-refractivity contribution in [3.63, 3.8) is 0 Å². The summed E-state index contributed by atoms with van der Waals surface area (Å²) in [6, 6.07) is 10.7. The van der Waals surface area contributed by atoms with E-state index < -0.39 is 0 Å². The van der Waals surface area contributed by atoms with Gasteiger partial charge >= 0.3 is 0 Å². The molecule has 20 heavy (non-hydrogen) atoms. The van der Waals surface area contributed by atoms with Crippen LogP contribution in [0.5, 0.6) is 0 Å². The molecule has 0 aliphatic carbocycles. The second-order valence-electron chi connectivity index (χ2n) is 5.37. The topological polar surface area (TPSA) is 50.9 Å². The van der Waals surface area contributed by atoms with E-state index in [1.54, 1.807) is 0 Å². The summed E-state index contributed by atoms with van der Waals surface area (Å²) < 4.78 is 0. The third kappa shape index (κ3) is 3.44. The predicted octanol–water partition coefficient (Wildman–Crippen LogP) is 3.14. The molecule has 1 heterocycles. The van der Waals surface area contributed by atoms with Gasteiger partial charge in [-0.15, -0.1) is 0 Å². The number of aryl methyl sites for hydroxylation is 4. The summed E-state index contributed by atoms with van der Waals surface area (Å²) in [5.74, 6) is 5.76. The summed E-state index contributed by atoms with van der Waals surface area (Å²) in [5.41, 5.74) is 9.26. The molecule has 0 saturated carbocycles. The fourth-order valence-corrected chi connectivity index (χ4v) is 2.53. The van der Waals surface area contributed by atoms with E-state index in [1.165, 1.54) is 22.3 Å². The van der Waals surface area contributed by atoms with Crippen LogP contribution in [0.25, 0.3) is 0 Å². The van der Waals surface area contributed by atoms with E-state index in [2.05, 4.69) is 49.4 Å². The standard InChI is InChI=1S/C17H23N3/c1-12-10-14(3)16(11-13(12)2)17(20-18)8-7-15-6-4-5-9-19-15/h4-6,9-11,17,20H,7-8,18H2,1-3H3. The summed E-state index contributed by atoms with van der Waals surface area (Å²) in [6.07, 6.45) is 3.69. The Morgan fingerprint density at radius 3 is 2.50 bits per heavy atom. The summed E-state index contributed by atoms with van der Waals surface area (Å²) in [5, 5.41) is 0. The van der Waals surface area contributed by atoms with Crippen molar-refractivity contribution in [2.75, 3.05) is 0 Å². The number of rotatable bonds is 5. The molecule has 0 spiro atoms. The molecule has 0 aliphatic rings. The molecule has 2 aromatic rings. The summed E-state index contributed by atoms with van der Waals surface area (Å²) in [6.45, 7) is 6.43. The fraction of sp³-hybridized carbons (Fsp3) is 0.353. The zero-order valence-electron chi connectivity index (χ0n) is 12.5. The normalized spacial score (nSPS) is 12.4. The smallest absolute Gasteiger partial charge is 0.0466 e. The molecule has 1 atom stereocenters. The van der Waals surface area contributed by atoms with Crippen molar-refractivity contribution >= 4 is 0 Å². The number of nitrogens with one attached hydrogen (secondary N) is 1. The zero-order valence-corrected chi connectivity index (χ0v) is 12.5. The van der Waals surface area contributed by atoms with Crippen molar-refractivity contribution in [2.24, 2.45) is 5.84 Å². The lowest BCUT2D eigenvalue weighted by Gasteiger charge is -2.20. The van der Waals surface area contributed by atoms with Gasteiger partial charge in [0.1, 0.15) is 0 Å². The molecule has 106 valence electrons. The van der Waals surface area contributed by atoms with E-state index in [9.17, 15) is 0 Å². The van der Waals surface area contributed by atoms with E-state index in [4.69, 9.17) is 5.84 Å². The SMILES string of the molecule is Cc1cc(C)c(C(CCc2ccccn2)NN)cc1C. The first kappa shape index (κ1) is 14.7. The molecule has 0 saturated heterocycles. The largest absolute Gasteiger partial charge is 0.271 e. The third-order valence-electron chi connectivity index (χ3n) is 3.87. The number of hydrazine groups is 1. The van der Waals surface area contributed by atoms with Gasteiger partial charge in [0.25, 0.3) is 0 Å². The highest BCUT2D eigenvalue weighted by Gasteiger charge is 2.13. The van der Waals surface area contributed by atoms with E-state index >= 15 is 0 Å². The summed E-state index contributed by atoms with van der Waals surface area (Å²) in [4.78, 5) is 4.36. The van der Waals surface area contributed by atoms with Crippen LogP contribution >= 0.6 is 0 Å². The molecule has 0 amide bonds. The lowest BCUT2D eigenvalue weighted by Crippen LogP contribution is -2.29. The maximum absolute atomic E-state index is 5.76. The van der Waals surface area contributed by atoms with Crippen molar-refractivity contribution in [1.29, 1.82) is 0 Å². The van der Waals surface area contributed by atoms with Crippen LogP contribution in [0.15, 0.2) is 36.5 Å². The van der Waals surface area contributed by atoms with Crippen molar-refractivity contribution < 1.29 is 0 Å². The Labute approximate surface area is 121 Å². The first-order chi connectivity index (χ1) is 9.61. The fourth-order valence-electron chi connectivity index (χ4n) is 2.53. The van der Waals surface area contributed by atoms with Gasteiger partial charge in [-0.25, -0.2) is 0 Å². The summed E-state index contributed by atoms with van der Waals surface area (Å²) in [7, 11) is 0. The van der Waals surface area contributed by atoms with Gasteiger partial charge in [-0.05, 0) is 68.0 Å². The highest BCUT2D eigenvalue weighted by atomic mass is 15.2. The van der Waals surface area contributed by atoms with Gasteiger partial charge in [0.15, 0.2) is 0 Å². The predicted molar refractivity (Wildman–Crippen MR) is 83.3 cm³/mol. The number of benzene rings is 1. The highest BCUT2D eigenvalue weighted by molar-refractivity contribution is 5.38. The Morgan fingerprint density at radius 2 is 1.85 bits per heavy atom. The first-order valence-corrected chi connectivity index (χ1v) is 7.05. The first-order valence-electron chi connectivity index (χ1n) is 7.05. The van der Waals surface area contributed by atoms with Gasteiger partial charge in [0.05, 0.1) is 0 Å². The molecule has 2 rings (SSSR count). The molecular formula is C17H23N3. The lowest BCUT2D eigenvalue weighted by molar-refractivity contribution is 0.511. The van der Waals surface area contributed by atoms with Gasteiger partial charge < -0.3 is 0 Å². The molecule has 1 aromatic carbocycles. The molecule has 0 bridgehead atoms. The minimum atomic E-state index is 0.163. The van der Waals surface area contributed by atoms with Crippen LogP contribution in [0.4, 0.5) is 0 Å². The minimum absolute atomic E-state index is 0.163. The van der Waals surface area contributed by atoms with E-state index in [-0.39, 0.29) is 6.04 Å². The van der Waals surface area contributed by atoms with Crippen molar-refractivity contribution in [2.45, 2.75) is 39.7 Å². The second kappa shape index (κ2) is 6.64. The zero-order chi connectivity index (χ0) is 14.5. The van der Waals surface area contributed by atoms with Crippen LogP contribution in [-0.2, 0) is 6.42 Å². The number of nitrogens with zero attached hydrogens (tertiary/aromatic N) is 1. The van der Waals surface area contributed by atoms with Crippen molar-refractivity contribution in [1.82, 2.24) is 10.4 Å². The van der Waals surface area contributed by atoms with Gasteiger partial charge in [-0.3, -0.25) is 16.3 Å². The molecule has 3 nitrogen and oxygen atoms in total. The monoisotopic (exact) mass is 269 g/mol. The molecule has 3 N–H and O–H groups in total. The highest BCUT2D eigenvalue weighted by Crippen LogP contribution is 2.24. The maximum atomic E-state index is 5.76. The molecule has 0 aliphatic heterocycles. The Bertz CT molecular complexity index is 564. The third-order valence-corrected chi connectivity index (χ3v) is 3.87. The van der Waals surface area contributed by atoms with Crippen LogP contribution < -0.4 is 11.3 Å². The number of hydrogen-bond acceptors (Lipinski definition) is 3. The van der Waals surface area contributed by atoms with Crippen LogP contribution in [0.1, 0.15) is 40.4 Å². The molecule has 0 fully saturated rings. The van der Waals surface area contributed by atoms with Gasteiger partial charge in [0, 0.05) is 17.9 Å². The van der Waals surface area contributed by atoms with E-state index in [0.29, 0.717) is 0 Å². The number of pyridine rings is 1. The van der Waals surface area contributed by atoms with Gasteiger partial charge in [-0.2, -0.15) is 0 Å². The second-order valence-corrected chi connectivity index (χ2v) is 5.37. The molecular weight excluding hydrogens is 246 g/mol. The Morgan fingerprint density at radius 1 is 1.10 bits per heavy atom. The van der Waals surface area contributed by atoms with E-state index in [1.807, 2.05) is 18.3 Å². The minimum Gasteiger partial charge on any atom is -0.271 e. The quantitative estimate of drug-likeness (QED) is 0.647. The van der Waals surface area contributed by atoms with Gasteiger partial charge in [0.2, 0.25) is 0 Å². The van der Waals surface area contributed by atoms with Crippen molar-refractivity contribution in [3.8, 4) is 0 Å². The maximum Gasteiger partial charge on any atom is 0.0466 e.